The summed E-state index contributed by atoms with van der Waals surface area (Å²) in [5.41, 5.74) is 0.677. The number of carbonyl (C=O) groups is 4. The van der Waals surface area contributed by atoms with Crippen LogP contribution in [-0.4, -0.2) is 55.3 Å². The maximum Gasteiger partial charge on any atom is 0.325 e. The predicted molar refractivity (Wildman–Crippen MR) is 126 cm³/mol. The topological polar surface area (TPSA) is 139 Å². The van der Waals surface area contributed by atoms with Gasteiger partial charge in [-0.15, -0.1) is 5.10 Å². The first-order valence-corrected chi connectivity index (χ1v) is 11.1. The second-order valence-corrected chi connectivity index (χ2v) is 8.90. The number of hydrogen-bond acceptors (Lipinski definition) is 7. The largest absolute Gasteiger partial charge is 0.326 e. The number of benzene rings is 2. The SMILES string of the molecule is CC(C)CC(=O)Nc1ccc(C(=O)CN2C(=O)N[C@](C)(c3cccc(-n4cnnn4)c3)C2=O)cc1. The molecular weight excluding hydrogens is 450 g/mol. The van der Waals surface area contributed by atoms with Gasteiger partial charge in [0.05, 0.1) is 12.2 Å². The molecule has 1 atom stereocenters. The van der Waals surface area contributed by atoms with Crippen LogP contribution in [0.2, 0.25) is 0 Å². The monoisotopic (exact) mass is 475 g/mol. The molecule has 11 nitrogen and oxygen atoms in total. The molecule has 4 rings (SSSR count). The molecule has 3 aromatic rings. The lowest BCUT2D eigenvalue weighted by Crippen LogP contribution is -2.41. The average molecular weight is 476 g/mol. The number of nitrogens with one attached hydrogen (secondary N) is 2. The highest BCUT2D eigenvalue weighted by Gasteiger charge is 2.49. The summed E-state index contributed by atoms with van der Waals surface area (Å²) in [5.74, 6) is -0.822. The molecule has 2 aromatic carbocycles. The van der Waals surface area contributed by atoms with E-state index in [0.717, 1.165) is 4.90 Å². The fourth-order valence-electron chi connectivity index (χ4n) is 3.83. The van der Waals surface area contributed by atoms with Gasteiger partial charge >= 0.3 is 6.03 Å². The smallest absolute Gasteiger partial charge is 0.325 e. The molecule has 11 heteroatoms. The van der Waals surface area contributed by atoms with Crippen LogP contribution >= 0.6 is 0 Å². The van der Waals surface area contributed by atoms with Gasteiger partial charge in [0.2, 0.25) is 5.91 Å². The molecule has 1 fully saturated rings. The molecule has 0 radical (unpaired) electrons. The summed E-state index contributed by atoms with van der Waals surface area (Å²) in [5, 5.41) is 16.5. The van der Waals surface area contributed by atoms with E-state index >= 15 is 0 Å². The van der Waals surface area contributed by atoms with Gasteiger partial charge < -0.3 is 10.6 Å². The van der Waals surface area contributed by atoms with Crippen LogP contribution in [-0.2, 0) is 15.1 Å². The van der Waals surface area contributed by atoms with Crippen LogP contribution in [0.5, 0.6) is 0 Å². The van der Waals surface area contributed by atoms with Crippen LogP contribution in [0.1, 0.15) is 43.1 Å². The minimum atomic E-state index is -1.36. The minimum Gasteiger partial charge on any atom is -0.326 e. The van der Waals surface area contributed by atoms with E-state index in [-0.39, 0.29) is 11.8 Å². The van der Waals surface area contributed by atoms with Crippen molar-refractivity contribution in [3.8, 4) is 5.69 Å². The van der Waals surface area contributed by atoms with Crippen LogP contribution in [0, 0.1) is 5.92 Å². The summed E-state index contributed by atoms with van der Waals surface area (Å²) in [6, 6.07) is 12.6. The number of aromatic nitrogens is 4. The van der Waals surface area contributed by atoms with Gasteiger partial charge in [-0.25, -0.2) is 9.48 Å². The Morgan fingerprint density at radius 2 is 1.86 bits per heavy atom. The number of rotatable bonds is 8. The summed E-state index contributed by atoms with van der Waals surface area (Å²) in [6.45, 7) is 5.08. The summed E-state index contributed by atoms with van der Waals surface area (Å²) >= 11 is 0. The number of nitrogens with zero attached hydrogens (tertiary/aromatic N) is 5. The van der Waals surface area contributed by atoms with Crippen molar-refractivity contribution >= 4 is 29.3 Å². The zero-order valence-electron chi connectivity index (χ0n) is 19.6. The van der Waals surface area contributed by atoms with E-state index in [1.807, 2.05) is 13.8 Å². The third-order valence-corrected chi connectivity index (χ3v) is 5.70. The van der Waals surface area contributed by atoms with Gasteiger partial charge in [-0.3, -0.25) is 19.3 Å². The van der Waals surface area contributed by atoms with Crippen molar-refractivity contribution in [3.05, 3.63) is 66.0 Å². The van der Waals surface area contributed by atoms with Crippen LogP contribution in [0.25, 0.3) is 5.69 Å². The number of amides is 4. The molecule has 0 unspecified atom stereocenters. The number of anilines is 1. The molecule has 2 N–H and O–H groups in total. The zero-order valence-corrected chi connectivity index (χ0v) is 19.6. The number of hydrogen-bond donors (Lipinski definition) is 2. The number of Topliss-reactive ketones (excluding diaryl/α,β-unsaturated/α-hetero) is 1. The first-order chi connectivity index (χ1) is 16.7. The Bertz CT molecular complexity index is 1270. The Balaban J connectivity index is 1.46. The molecule has 1 saturated heterocycles. The van der Waals surface area contributed by atoms with Crippen molar-refractivity contribution in [1.82, 2.24) is 30.4 Å². The fraction of sp³-hybridized carbons (Fsp3) is 0.292. The van der Waals surface area contributed by atoms with Crippen molar-refractivity contribution in [2.75, 3.05) is 11.9 Å². The molecule has 0 bridgehead atoms. The number of ketones is 1. The Hall–Kier alpha value is -4.41. The molecule has 1 aromatic heterocycles. The lowest BCUT2D eigenvalue weighted by molar-refractivity contribution is -0.130. The van der Waals surface area contributed by atoms with Crippen molar-refractivity contribution in [3.63, 3.8) is 0 Å². The lowest BCUT2D eigenvalue weighted by Gasteiger charge is -2.22. The molecule has 4 amide bonds. The number of carbonyl (C=O) groups excluding carboxylic acids is 4. The molecule has 0 aliphatic carbocycles. The average Bonchev–Trinajstić information content (AvgIpc) is 3.43. The van der Waals surface area contributed by atoms with E-state index < -0.39 is 29.8 Å². The molecule has 0 saturated carbocycles. The Morgan fingerprint density at radius 1 is 1.11 bits per heavy atom. The van der Waals surface area contributed by atoms with Gasteiger partial charge in [-0.05, 0) is 65.2 Å². The summed E-state index contributed by atoms with van der Waals surface area (Å²) in [4.78, 5) is 51.6. The highest BCUT2D eigenvalue weighted by Crippen LogP contribution is 2.30. The second-order valence-electron chi connectivity index (χ2n) is 8.90. The van der Waals surface area contributed by atoms with E-state index in [0.29, 0.717) is 28.9 Å². The molecule has 180 valence electrons. The fourth-order valence-corrected chi connectivity index (χ4v) is 3.83. The summed E-state index contributed by atoms with van der Waals surface area (Å²) < 4.78 is 1.43. The minimum absolute atomic E-state index is 0.109. The first kappa shape index (κ1) is 23.7. The molecule has 35 heavy (non-hydrogen) atoms. The first-order valence-electron chi connectivity index (χ1n) is 11.1. The zero-order chi connectivity index (χ0) is 25.2. The predicted octanol–water partition coefficient (Wildman–Crippen LogP) is 2.30. The standard InChI is InChI=1S/C24H25N7O4/c1-15(2)11-21(33)26-18-9-7-16(8-10-18)20(32)13-30-22(34)24(3,27-23(30)35)17-5-4-6-19(12-17)31-14-25-28-29-31/h4-10,12,14-15H,11,13H2,1-3H3,(H,26,33)(H,27,35)/t24-/m1/s1. The second kappa shape index (κ2) is 9.45. The third kappa shape index (κ3) is 4.93. The van der Waals surface area contributed by atoms with Gasteiger partial charge in [-0.2, -0.15) is 0 Å². The van der Waals surface area contributed by atoms with Crippen LogP contribution in [0.3, 0.4) is 0 Å². The normalized spacial score (nSPS) is 17.5. The Labute approximate surface area is 201 Å². The van der Waals surface area contributed by atoms with Gasteiger partial charge in [0.25, 0.3) is 5.91 Å². The number of imide groups is 1. The maximum atomic E-state index is 13.3. The molecule has 2 heterocycles. The Kier molecular flexibility index (Phi) is 6.41. The van der Waals surface area contributed by atoms with Crippen molar-refractivity contribution in [1.29, 1.82) is 0 Å². The highest BCUT2D eigenvalue weighted by molar-refractivity contribution is 6.11. The van der Waals surface area contributed by atoms with Crippen LogP contribution in [0.15, 0.2) is 54.9 Å². The van der Waals surface area contributed by atoms with Crippen molar-refractivity contribution < 1.29 is 19.2 Å². The van der Waals surface area contributed by atoms with E-state index in [9.17, 15) is 19.2 Å². The maximum absolute atomic E-state index is 13.3. The van der Waals surface area contributed by atoms with E-state index in [2.05, 4.69) is 26.2 Å². The van der Waals surface area contributed by atoms with Crippen molar-refractivity contribution in [2.24, 2.45) is 5.92 Å². The van der Waals surface area contributed by atoms with Gasteiger partial charge in [0.15, 0.2) is 5.78 Å². The summed E-state index contributed by atoms with van der Waals surface area (Å²) in [7, 11) is 0. The van der Waals surface area contributed by atoms with E-state index in [1.54, 1.807) is 55.5 Å². The van der Waals surface area contributed by atoms with E-state index in [1.165, 1.54) is 11.0 Å². The lowest BCUT2D eigenvalue weighted by atomic mass is 9.91. The third-order valence-electron chi connectivity index (χ3n) is 5.70. The molecule has 1 aliphatic rings. The van der Waals surface area contributed by atoms with E-state index in [4.69, 9.17) is 0 Å². The Morgan fingerprint density at radius 3 is 2.51 bits per heavy atom. The molecule has 0 spiro atoms. The highest BCUT2D eigenvalue weighted by atomic mass is 16.2. The van der Waals surface area contributed by atoms with Crippen LogP contribution < -0.4 is 10.6 Å². The van der Waals surface area contributed by atoms with Crippen molar-refractivity contribution in [2.45, 2.75) is 32.7 Å². The van der Waals surface area contributed by atoms with Gasteiger partial charge in [-0.1, -0.05) is 26.0 Å². The number of tetrazole rings is 1. The van der Waals surface area contributed by atoms with Gasteiger partial charge in [0.1, 0.15) is 11.9 Å². The summed E-state index contributed by atoms with van der Waals surface area (Å²) in [6.07, 6.45) is 1.81. The molecule has 1 aliphatic heterocycles. The molecular formula is C24H25N7O4. The van der Waals surface area contributed by atoms with Gasteiger partial charge in [0, 0.05) is 17.7 Å². The van der Waals surface area contributed by atoms with Crippen LogP contribution in [0.4, 0.5) is 10.5 Å². The quantitative estimate of drug-likeness (QED) is 0.376. The number of urea groups is 1.